The second-order valence-corrected chi connectivity index (χ2v) is 2.59. The van der Waals surface area contributed by atoms with Gasteiger partial charge in [-0.25, -0.2) is 4.98 Å². The highest BCUT2D eigenvalue weighted by Crippen LogP contribution is 2.15. The minimum Gasteiger partial charge on any atom is -0.485 e. The summed E-state index contributed by atoms with van der Waals surface area (Å²) in [7, 11) is 0. The number of nitrogens with zero attached hydrogens (tertiary/aromatic N) is 1. The van der Waals surface area contributed by atoms with Gasteiger partial charge >= 0.3 is 0 Å². The fourth-order valence-electron chi connectivity index (χ4n) is 0.933. The van der Waals surface area contributed by atoms with Crippen LogP contribution in [0.25, 0.3) is 0 Å². The van der Waals surface area contributed by atoms with Gasteiger partial charge in [0.1, 0.15) is 11.9 Å². The number of aromatic nitrogens is 1. The van der Waals surface area contributed by atoms with Crippen LogP contribution in [0.15, 0.2) is 18.3 Å². The van der Waals surface area contributed by atoms with Crippen molar-refractivity contribution >= 4 is 0 Å². The quantitative estimate of drug-likeness (QED) is 0.619. The summed E-state index contributed by atoms with van der Waals surface area (Å²) in [5.41, 5.74) is 0. The van der Waals surface area contributed by atoms with E-state index < -0.39 is 5.95 Å². The molecule has 4 heteroatoms. The Labute approximate surface area is 69.1 Å². The third-order valence-corrected chi connectivity index (χ3v) is 1.61. The predicted molar refractivity (Wildman–Crippen MR) is 39.4 cm³/mol. The highest BCUT2D eigenvalue weighted by atomic mass is 19.1. The van der Waals surface area contributed by atoms with Crippen molar-refractivity contribution in [2.45, 2.75) is 6.10 Å². The molecule has 1 aromatic rings. The zero-order valence-electron chi connectivity index (χ0n) is 6.37. The number of hydrogen-bond acceptors (Lipinski definition) is 3. The summed E-state index contributed by atoms with van der Waals surface area (Å²) < 4.78 is 22.7. The van der Waals surface area contributed by atoms with Crippen LogP contribution < -0.4 is 4.74 Å². The largest absolute Gasteiger partial charge is 0.485 e. The third-order valence-electron chi connectivity index (χ3n) is 1.61. The van der Waals surface area contributed by atoms with E-state index >= 15 is 0 Å². The van der Waals surface area contributed by atoms with E-state index in [0.29, 0.717) is 19.0 Å². The van der Waals surface area contributed by atoms with Crippen molar-refractivity contribution in [3.8, 4) is 5.75 Å². The molecule has 3 nitrogen and oxygen atoms in total. The molecule has 0 aliphatic carbocycles. The second-order valence-electron chi connectivity index (χ2n) is 2.59. The maximum Gasteiger partial charge on any atom is 0.216 e. The standard InChI is InChI=1S/C8H8FNO2/c9-8-3-6(1-2-10-8)12-7-4-11-5-7/h1-3,7H,4-5H2. The molecule has 0 saturated carbocycles. The lowest BCUT2D eigenvalue weighted by Crippen LogP contribution is -2.38. The zero-order chi connectivity index (χ0) is 8.39. The summed E-state index contributed by atoms with van der Waals surface area (Å²) in [6.45, 7) is 1.17. The Morgan fingerprint density at radius 2 is 2.42 bits per heavy atom. The number of ether oxygens (including phenoxy) is 2. The van der Waals surface area contributed by atoms with Gasteiger partial charge in [-0.2, -0.15) is 4.39 Å². The van der Waals surface area contributed by atoms with Crippen molar-refractivity contribution in [1.29, 1.82) is 0 Å². The van der Waals surface area contributed by atoms with Crippen LogP contribution in [0.1, 0.15) is 0 Å². The Morgan fingerprint density at radius 3 is 3.00 bits per heavy atom. The van der Waals surface area contributed by atoms with Gasteiger partial charge in [-0.05, 0) is 6.07 Å². The SMILES string of the molecule is Fc1cc(OC2COC2)ccn1. The van der Waals surface area contributed by atoms with Crippen molar-refractivity contribution < 1.29 is 13.9 Å². The maximum absolute atomic E-state index is 12.5. The van der Waals surface area contributed by atoms with Crippen LogP contribution in [0.4, 0.5) is 4.39 Å². The van der Waals surface area contributed by atoms with Gasteiger partial charge in [0.2, 0.25) is 5.95 Å². The Morgan fingerprint density at radius 1 is 1.58 bits per heavy atom. The van der Waals surface area contributed by atoms with Crippen molar-refractivity contribution in [2.75, 3.05) is 13.2 Å². The lowest BCUT2D eigenvalue weighted by molar-refractivity contribution is -0.0798. The number of rotatable bonds is 2. The summed E-state index contributed by atoms with van der Waals surface area (Å²) in [5.74, 6) is -0.0106. The number of hydrogen-bond donors (Lipinski definition) is 0. The Kier molecular flexibility index (Phi) is 1.91. The first-order valence-electron chi connectivity index (χ1n) is 3.70. The number of halogens is 1. The average Bonchev–Trinajstić information content (AvgIpc) is 1.97. The van der Waals surface area contributed by atoms with Crippen LogP contribution >= 0.6 is 0 Å². The maximum atomic E-state index is 12.5. The summed E-state index contributed by atoms with van der Waals surface area (Å²) in [6, 6.07) is 2.89. The molecule has 2 rings (SSSR count). The topological polar surface area (TPSA) is 31.4 Å². The van der Waals surface area contributed by atoms with E-state index in [1.54, 1.807) is 6.07 Å². The third kappa shape index (κ3) is 1.53. The predicted octanol–water partition coefficient (Wildman–Crippen LogP) is 0.998. The molecule has 0 aromatic carbocycles. The van der Waals surface area contributed by atoms with E-state index in [1.165, 1.54) is 12.3 Å². The lowest BCUT2D eigenvalue weighted by atomic mass is 10.3. The molecule has 2 heterocycles. The van der Waals surface area contributed by atoms with Crippen LogP contribution in [-0.4, -0.2) is 24.3 Å². The summed E-state index contributed by atoms with van der Waals surface area (Å²) in [6.07, 6.45) is 1.45. The molecule has 0 amide bonds. The van der Waals surface area contributed by atoms with E-state index in [0.717, 1.165) is 0 Å². The van der Waals surface area contributed by atoms with Crippen molar-refractivity contribution in [3.63, 3.8) is 0 Å². The smallest absolute Gasteiger partial charge is 0.216 e. The van der Waals surface area contributed by atoms with E-state index in [-0.39, 0.29) is 6.10 Å². The van der Waals surface area contributed by atoms with Gasteiger partial charge < -0.3 is 9.47 Å². The average molecular weight is 169 g/mol. The lowest BCUT2D eigenvalue weighted by Gasteiger charge is -2.26. The van der Waals surface area contributed by atoms with Gasteiger partial charge in [-0.1, -0.05) is 0 Å². The molecule has 12 heavy (non-hydrogen) atoms. The highest BCUT2D eigenvalue weighted by Gasteiger charge is 2.19. The summed E-state index contributed by atoms with van der Waals surface area (Å²) in [5, 5.41) is 0. The molecule has 1 saturated heterocycles. The normalized spacial score (nSPS) is 17.1. The van der Waals surface area contributed by atoms with Crippen molar-refractivity contribution in [1.82, 2.24) is 4.98 Å². The van der Waals surface area contributed by atoms with Gasteiger partial charge in [0, 0.05) is 12.3 Å². The molecule has 0 N–H and O–H groups in total. The van der Waals surface area contributed by atoms with Gasteiger partial charge in [0.25, 0.3) is 0 Å². The van der Waals surface area contributed by atoms with E-state index in [1.807, 2.05) is 0 Å². The first-order valence-corrected chi connectivity index (χ1v) is 3.70. The molecule has 1 fully saturated rings. The van der Waals surface area contributed by atoms with Gasteiger partial charge in [-0.15, -0.1) is 0 Å². The molecule has 0 unspecified atom stereocenters. The molecule has 0 bridgehead atoms. The second kappa shape index (κ2) is 3.06. The van der Waals surface area contributed by atoms with Crippen LogP contribution in [0.2, 0.25) is 0 Å². The minimum absolute atomic E-state index is 0.0757. The van der Waals surface area contributed by atoms with Crippen LogP contribution in [0.5, 0.6) is 5.75 Å². The molecule has 1 aliphatic heterocycles. The fourth-order valence-corrected chi connectivity index (χ4v) is 0.933. The van der Waals surface area contributed by atoms with E-state index in [4.69, 9.17) is 9.47 Å². The summed E-state index contributed by atoms with van der Waals surface area (Å²) in [4.78, 5) is 3.41. The number of pyridine rings is 1. The van der Waals surface area contributed by atoms with E-state index in [9.17, 15) is 4.39 Å². The molecule has 1 aliphatic rings. The van der Waals surface area contributed by atoms with E-state index in [2.05, 4.69) is 4.98 Å². The first-order chi connectivity index (χ1) is 5.84. The Hall–Kier alpha value is -1.16. The Balaban J connectivity index is 2.02. The molecular weight excluding hydrogens is 161 g/mol. The monoisotopic (exact) mass is 169 g/mol. The van der Waals surface area contributed by atoms with Crippen LogP contribution in [0.3, 0.4) is 0 Å². The molecule has 0 radical (unpaired) electrons. The zero-order valence-corrected chi connectivity index (χ0v) is 6.37. The van der Waals surface area contributed by atoms with Crippen molar-refractivity contribution in [3.05, 3.63) is 24.3 Å². The minimum atomic E-state index is -0.521. The fraction of sp³-hybridized carbons (Fsp3) is 0.375. The van der Waals surface area contributed by atoms with Crippen LogP contribution in [-0.2, 0) is 4.74 Å². The molecular formula is C8H8FNO2. The first kappa shape index (κ1) is 7.49. The Bertz CT molecular complexity index is 276. The van der Waals surface area contributed by atoms with Gasteiger partial charge in [-0.3, -0.25) is 0 Å². The molecule has 64 valence electrons. The van der Waals surface area contributed by atoms with Gasteiger partial charge in [0.05, 0.1) is 13.2 Å². The van der Waals surface area contributed by atoms with Crippen molar-refractivity contribution in [2.24, 2.45) is 0 Å². The summed E-state index contributed by atoms with van der Waals surface area (Å²) >= 11 is 0. The molecule has 1 aromatic heterocycles. The van der Waals surface area contributed by atoms with Gasteiger partial charge in [0.15, 0.2) is 0 Å². The highest BCUT2D eigenvalue weighted by molar-refractivity contribution is 5.18. The van der Waals surface area contributed by atoms with Crippen LogP contribution in [0, 0.1) is 5.95 Å². The molecule has 0 spiro atoms. The molecule has 0 atom stereocenters.